The summed E-state index contributed by atoms with van der Waals surface area (Å²) in [5, 5.41) is 0. The van der Waals surface area contributed by atoms with Crippen LogP contribution in [-0.4, -0.2) is 11.6 Å². The molecule has 0 N–H and O–H groups in total. The van der Waals surface area contributed by atoms with Crippen LogP contribution in [0.1, 0.15) is 5.56 Å². The van der Waals surface area contributed by atoms with E-state index in [1.54, 1.807) is 6.20 Å². The monoisotopic (exact) mass is 225 g/mol. The van der Waals surface area contributed by atoms with Crippen LogP contribution in [0.25, 0.3) is 17.0 Å². The predicted octanol–water partition coefficient (Wildman–Crippen LogP) is 3.05. The lowest BCUT2D eigenvalue weighted by Crippen LogP contribution is -1.92. The molecule has 0 saturated carbocycles. The van der Waals surface area contributed by atoms with Gasteiger partial charge in [-0.3, -0.25) is 4.98 Å². The first kappa shape index (κ1) is 10.1. The molecule has 1 aromatic heterocycles. The number of hydrogen-bond acceptors (Lipinski definition) is 3. The highest BCUT2D eigenvalue weighted by Crippen LogP contribution is 2.29. The average Bonchev–Trinajstić information content (AvgIpc) is 2.94. The highest BCUT2D eigenvalue weighted by molar-refractivity contribution is 5.76. The minimum Gasteiger partial charge on any atom is -0.337 e. The maximum Gasteiger partial charge on any atom is 0.173 e. The molecule has 2 heterocycles. The Kier molecular flexibility index (Phi) is 2.60. The molecule has 0 bridgehead atoms. The summed E-state index contributed by atoms with van der Waals surface area (Å²) >= 11 is 0. The van der Waals surface area contributed by atoms with Crippen LogP contribution in [0.4, 0.5) is 0 Å². The van der Waals surface area contributed by atoms with Crippen LogP contribution < -0.4 is 0 Å². The molecule has 17 heavy (non-hydrogen) atoms. The van der Waals surface area contributed by atoms with Gasteiger partial charge in [-0.15, -0.1) is 0 Å². The SMILES string of the molecule is C1=C(c2cccnc2-c2ccccc2)OOC1. The zero-order chi connectivity index (χ0) is 11.5. The first-order valence-corrected chi connectivity index (χ1v) is 5.45. The molecule has 0 spiro atoms. The summed E-state index contributed by atoms with van der Waals surface area (Å²) < 4.78 is 0. The van der Waals surface area contributed by atoms with Crippen molar-refractivity contribution in [2.45, 2.75) is 0 Å². The van der Waals surface area contributed by atoms with Crippen LogP contribution in [0.2, 0.25) is 0 Å². The van der Waals surface area contributed by atoms with Crippen LogP contribution in [-0.2, 0) is 9.78 Å². The average molecular weight is 225 g/mol. The van der Waals surface area contributed by atoms with Gasteiger partial charge in [0, 0.05) is 17.3 Å². The summed E-state index contributed by atoms with van der Waals surface area (Å²) in [6, 6.07) is 13.9. The summed E-state index contributed by atoms with van der Waals surface area (Å²) in [5.74, 6) is 0.733. The molecule has 84 valence electrons. The van der Waals surface area contributed by atoms with Gasteiger partial charge in [-0.2, -0.15) is 4.89 Å². The van der Waals surface area contributed by atoms with Gasteiger partial charge in [0.05, 0.1) is 5.69 Å². The number of benzene rings is 1. The molecule has 0 aliphatic carbocycles. The van der Waals surface area contributed by atoms with Gasteiger partial charge >= 0.3 is 0 Å². The van der Waals surface area contributed by atoms with Crippen molar-refractivity contribution in [3.63, 3.8) is 0 Å². The second-order valence-corrected chi connectivity index (χ2v) is 3.70. The lowest BCUT2D eigenvalue weighted by Gasteiger charge is -2.07. The van der Waals surface area contributed by atoms with Crippen molar-refractivity contribution in [2.24, 2.45) is 0 Å². The largest absolute Gasteiger partial charge is 0.337 e. The van der Waals surface area contributed by atoms with E-state index in [0.29, 0.717) is 6.61 Å². The Hall–Kier alpha value is -2.13. The summed E-state index contributed by atoms with van der Waals surface area (Å²) in [5.41, 5.74) is 2.93. The third-order valence-corrected chi connectivity index (χ3v) is 2.61. The third kappa shape index (κ3) is 1.92. The summed E-state index contributed by atoms with van der Waals surface area (Å²) in [4.78, 5) is 14.4. The van der Waals surface area contributed by atoms with E-state index in [0.717, 1.165) is 22.6 Å². The molecule has 3 rings (SSSR count). The van der Waals surface area contributed by atoms with E-state index in [2.05, 4.69) is 4.98 Å². The highest BCUT2D eigenvalue weighted by Gasteiger charge is 2.15. The Bertz CT molecular complexity index is 549. The van der Waals surface area contributed by atoms with Gasteiger partial charge < -0.3 is 4.89 Å². The number of pyridine rings is 1. The summed E-state index contributed by atoms with van der Waals surface area (Å²) in [6.45, 7) is 0.485. The smallest absolute Gasteiger partial charge is 0.173 e. The lowest BCUT2D eigenvalue weighted by molar-refractivity contribution is -0.208. The molecular formula is C14H11NO2. The molecule has 0 saturated heterocycles. The van der Waals surface area contributed by atoms with Gasteiger partial charge in [0.1, 0.15) is 6.61 Å². The predicted molar refractivity (Wildman–Crippen MR) is 64.7 cm³/mol. The Balaban J connectivity index is 2.11. The highest BCUT2D eigenvalue weighted by atomic mass is 17.2. The van der Waals surface area contributed by atoms with Crippen molar-refractivity contribution in [3.8, 4) is 11.3 Å². The van der Waals surface area contributed by atoms with Gasteiger partial charge in [-0.25, -0.2) is 0 Å². The Labute approximate surface area is 99.3 Å². The molecule has 1 aromatic carbocycles. The molecule has 3 nitrogen and oxygen atoms in total. The van der Waals surface area contributed by atoms with Gasteiger partial charge in [0.25, 0.3) is 0 Å². The number of aromatic nitrogens is 1. The fourth-order valence-corrected chi connectivity index (χ4v) is 1.83. The molecule has 0 radical (unpaired) electrons. The molecule has 0 atom stereocenters. The second kappa shape index (κ2) is 4.39. The van der Waals surface area contributed by atoms with E-state index in [-0.39, 0.29) is 0 Å². The molecule has 0 fully saturated rings. The third-order valence-electron chi connectivity index (χ3n) is 2.61. The molecule has 0 amide bonds. The Morgan fingerprint density at radius 1 is 1.00 bits per heavy atom. The fraction of sp³-hybridized carbons (Fsp3) is 0.0714. The van der Waals surface area contributed by atoms with E-state index < -0.39 is 0 Å². The van der Waals surface area contributed by atoms with Gasteiger partial charge in [0.2, 0.25) is 0 Å². The first-order valence-electron chi connectivity index (χ1n) is 5.45. The zero-order valence-corrected chi connectivity index (χ0v) is 9.17. The van der Waals surface area contributed by atoms with E-state index in [9.17, 15) is 0 Å². The van der Waals surface area contributed by atoms with Crippen molar-refractivity contribution in [2.75, 3.05) is 6.61 Å². The molecule has 0 unspecified atom stereocenters. The Morgan fingerprint density at radius 2 is 1.88 bits per heavy atom. The fourth-order valence-electron chi connectivity index (χ4n) is 1.83. The van der Waals surface area contributed by atoms with E-state index in [1.165, 1.54) is 0 Å². The van der Waals surface area contributed by atoms with Crippen molar-refractivity contribution < 1.29 is 9.78 Å². The van der Waals surface area contributed by atoms with Crippen LogP contribution >= 0.6 is 0 Å². The molecule has 1 aliphatic rings. The van der Waals surface area contributed by atoms with Crippen molar-refractivity contribution in [1.29, 1.82) is 0 Å². The zero-order valence-electron chi connectivity index (χ0n) is 9.17. The Morgan fingerprint density at radius 3 is 2.65 bits per heavy atom. The van der Waals surface area contributed by atoms with Crippen LogP contribution in [0, 0.1) is 0 Å². The summed E-state index contributed by atoms with van der Waals surface area (Å²) in [7, 11) is 0. The quantitative estimate of drug-likeness (QED) is 0.736. The number of rotatable bonds is 2. The standard InChI is InChI=1S/C14H11NO2/c1-2-5-11(6-3-1)14-12(7-4-9-15-14)13-8-10-16-17-13/h1-9H,10H2. The minimum absolute atomic E-state index is 0.485. The molecule has 3 heteroatoms. The summed E-state index contributed by atoms with van der Waals surface area (Å²) in [6.07, 6.45) is 3.69. The maximum absolute atomic E-state index is 5.12. The number of hydrogen-bond donors (Lipinski definition) is 0. The van der Waals surface area contributed by atoms with E-state index in [4.69, 9.17) is 9.78 Å². The minimum atomic E-state index is 0.485. The van der Waals surface area contributed by atoms with Gasteiger partial charge in [-0.05, 0) is 18.2 Å². The van der Waals surface area contributed by atoms with Crippen molar-refractivity contribution in [1.82, 2.24) is 4.98 Å². The van der Waals surface area contributed by atoms with Crippen molar-refractivity contribution >= 4 is 5.76 Å². The van der Waals surface area contributed by atoms with E-state index in [1.807, 2.05) is 48.5 Å². The molecule has 2 aromatic rings. The van der Waals surface area contributed by atoms with Crippen molar-refractivity contribution in [3.05, 3.63) is 60.3 Å². The topological polar surface area (TPSA) is 31.4 Å². The first-order chi connectivity index (χ1) is 8.45. The van der Waals surface area contributed by atoms with Gasteiger partial charge in [-0.1, -0.05) is 30.3 Å². The number of nitrogens with zero attached hydrogens (tertiary/aromatic N) is 1. The van der Waals surface area contributed by atoms with Gasteiger partial charge in [0.15, 0.2) is 5.76 Å². The molecular weight excluding hydrogens is 214 g/mol. The second-order valence-electron chi connectivity index (χ2n) is 3.70. The van der Waals surface area contributed by atoms with Crippen LogP contribution in [0.5, 0.6) is 0 Å². The maximum atomic E-state index is 5.12. The van der Waals surface area contributed by atoms with Crippen LogP contribution in [0.3, 0.4) is 0 Å². The lowest BCUT2D eigenvalue weighted by atomic mass is 10.0. The molecule has 1 aliphatic heterocycles. The van der Waals surface area contributed by atoms with Crippen LogP contribution in [0.15, 0.2) is 54.7 Å². The van der Waals surface area contributed by atoms with E-state index >= 15 is 0 Å². The normalized spacial score (nSPS) is 14.2.